The van der Waals surface area contributed by atoms with Crippen molar-refractivity contribution in [1.29, 1.82) is 0 Å². The van der Waals surface area contributed by atoms with Crippen LogP contribution in [0.5, 0.6) is 0 Å². The van der Waals surface area contributed by atoms with Gasteiger partial charge in [-0.2, -0.15) is 0 Å². The first-order chi connectivity index (χ1) is 8.13. The van der Waals surface area contributed by atoms with Gasteiger partial charge in [-0.1, -0.05) is 18.5 Å². The number of thiazole rings is 1. The molecule has 2 rings (SSSR count). The molecule has 2 aromatic rings. The van der Waals surface area contributed by atoms with Gasteiger partial charge in [-0.05, 0) is 6.42 Å². The van der Waals surface area contributed by atoms with Crippen LogP contribution in [0.1, 0.15) is 17.5 Å². The van der Waals surface area contributed by atoms with E-state index in [9.17, 15) is 9.59 Å². The molecule has 7 heteroatoms. The van der Waals surface area contributed by atoms with Gasteiger partial charge in [0.15, 0.2) is 0 Å². The second kappa shape index (κ2) is 4.85. The number of aromatic amines is 1. The summed E-state index contributed by atoms with van der Waals surface area (Å²) in [5.74, 6) is 0. The SMILES string of the molecule is CCc1c(Cl)[nH]c(=O)n(Cc2nccs2)c1=O. The van der Waals surface area contributed by atoms with Gasteiger partial charge in [0.1, 0.15) is 10.2 Å². The number of nitrogens with one attached hydrogen (secondary N) is 1. The summed E-state index contributed by atoms with van der Waals surface area (Å²) in [7, 11) is 0. The minimum atomic E-state index is -0.507. The van der Waals surface area contributed by atoms with Crippen molar-refractivity contribution in [3.05, 3.63) is 48.1 Å². The molecule has 5 nitrogen and oxygen atoms in total. The van der Waals surface area contributed by atoms with E-state index in [4.69, 9.17) is 11.6 Å². The molecule has 0 aliphatic carbocycles. The fourth-order valence-corrected chi connectivity index (χ4v) is 2.40. The largest absolute Gasteiger partial charge is 0.329 e. The van der Waals surface area contributed by atoms with Crippen molar-refractivity contribution in [3.63, 3.8) is 0 Å². The Hall–Kier alpha value is -1.40. The topological polar surface area (TPSA) is 67.8 Å². The number of halogens is 1. The van der Waals surface area contributed by atoms with Crippen LogP contribution in [-0.4, -0.2) is 14.5 Å². The van der Waals surface area contributed by atoms with E-state index in [1.54, 1.807) is 11.6 Å². The summed E-state index contributed by atoms with van der Waals surface area (Å²) >= 11 is 7.20. The van der Waals surface area contributed by atoms with Gasteiger partial charge < -0.3 is 0 Å². The lowest BCUT2D eigenvalue weighted by Gasteiger charge is -2.05. The lowest BCUT2D eigenvalue weighted by atomic mass is 10.2. The summed E-state index contributed by atoms with van der Waals surface area (Å²) in [6, 6.07) is 0. The van der Waals surface area contributed by atoms with E-state index in [2.05, 4.69) is 9.97 Å². The standard InChI is InChI=1S/C10H10ClN3O2S/c1-2-6-8(11)13-10(16)14(9(6)15)5-7-12-3-4-17-7/h3-4H,2,5H2,1H3,(H,13,16). The van der Waals surface area contributed by atoms with Gasteiger partial charge in [0.25, 0.3) is 5.56 Å². The molecule has 2 aromatic heterocycles. The molecule has 0 aliphatic heterocycles. The third-order valence-electron chi connectivity index (χ3n) is 2.36. The summed E-state index contributed by atoms with van der Waals surface area (Å²) in [6.07, 6.45) is 2.11. The van der Waals surface area contributed by atoms with Gasteiger partial charge in [0, 0.05) is 11.6 Å². The molecule has 2 heterocycles. The van der Waals surface area contributed by atoms with Crippen molar-refractivity contribution in [2.24, 2.45) is 0 Å². The van der Waals surface area contributed by atoms with E-state index in [-0.39, 0.29) is 17.3 Å². The number of H-pyrrole nitrogens is 1. The monoisotopic (exact) mass is 271 g/mol. The Bertz CT molecular complexity index is 630. The summed E-state index contributed by atoms with van der Waals surface area (Å²) < 4.78 is 1.11. The van der Waals surface area contributed by atoms with Gasteiger partial charge in [0.05, 0.1) is 12.1 Å². The lowest BCUT2D eigenvalue weighted by molar-refractivity contribution is 0.683. The second-order valence-corrected chi connectivity index (χ2v) is 4.75. The van der Waals surface area contributed by atoms with Gasteiger partial charge in [-0.15, -0.1) is 11.3 Å². The minimum Gasteiger partial charge on any atom is -0.297 e. The van der Waals surface area contributed by atoms with E-state index in [1.165, 1.54) is 11.3 Å². The molecule has 0 bridgehead atoms. The predicted molar refractivity (Wildman–Crippen MR) is 66.9 cm³/mol. The molecule has 0 spiro atoms. The van der Waals surface area contributed by atoms with Crippen LogP contribution in [0, 0.1) is 0 Å². The Kier molecular flexibility index (Phi) is 3.44. The Labute approximate surface area is 106 Å². The second-order valence-electron chi connectivity index (χ2n) is 3.39. The van der Waals surface area contributed by atoms with Crippen LogP contribution in [-0.2, 0) is 13.0 Å². The smallest absolute Gasteiger partial charge is 0.297 e. The fourth-order valence-electron chi connectivity index (χ4n) is 1.50. The van der Waals surface area contributed by atoms with Crippen molar-refractivity contribution < 1.29 is 0 Å². The van der Waals surface area contributed by atoms with Crippen LogP contribution in [0.2, 0.25) is 5.15 Å². The van der Waals surface area contributed by atoms with Gasteiger partial charge in [-0.3, -0.25) is 14.3 Å². The summed E-state index contributed by atoms with van der Waals surface area (Å²) in [6.45, 7) is 1.99. The van der Waals surface area contributed by atoms with Crippen molar-refractivity contribution in [2.75, 3.05) is 0 Å². The molecule has 1 N–H and O–H groups in total. The van der Waals surface area contributed by atoms with E-state index in [0.717, 1.165) is 4.57 Å². The first kappa shape index (κ1) is 12.1. The van der Waals surface area contributed by atoms with E-state index in [0.29, 0.717) is 17.0 Å². The maximum absolute atomic E-state index is 12.0. The third-order valence-corrected chi connectivity index (χ3v) is 3.45. The first-order valence-electron chi connectivity index (χ1n) is 5.03. The Morgan fingerprint density at radius 3 is 2.88 bits per heavy atom. The zero-order valence-corrected chi connectivity index (χ0v) is 10.6. The van der Waals surface area contributed by atoms with Crippen molar-refractivity contribution >= 4 is 22.9 Å². The quantitative estimate of drug-likeness (QED) is 0.855. The molecule has 0 amide bonds. The maximum Gasteiger partial charge on any atom is 0.329 e. The average Bonchev–Trinajstić information content (AvgIpc) is 2.77. The highest BCUT2D eigenvalue weighted by atomic mass is 35.5. The zero-order valence-electron chi connectivity index (χ0n) is 9.07. The average molecular weight is 272 g/mol. The number of aromatic nitrogens is 3. The molecule has 0 aromatic carbocycles. The predicted octanol–water partition coefficient (Wildman–Crippen LogP) is 1.26. The molecule has 0 saturated carbocycles. The highest BCUT2D eigenvalue weighted by Crippen LogP contribution is 2.08. The van der Waals surface area contributed by atoms with E-state index < -0.39 is 5.69 Å². The number of rotatable bonds is 3. The van der Waals surface area contributed by atoms with E-state index in [1.807, 2.05) is 6.92 Å². The van der Waals surface area contributed by atoms with Crippen molar-refractivity contribution in [3.8, 4) is 0 Å². The number of nitrogens with zero attached hydrogens (tertiary/aromatic N) is 2. The molecule has 0 saturated heterocycles. The molecule has 0 atom stereocenters. The molecule has 0 aliphatic rings. The Morgan fingerprint density at radius 1 is 1.53 bits per heavy atom. The zero-order chi connectivity index (χ0) is 12.4. The van der Waals surface area contributed by atoms with Crippen LogP contribution >= 0.6 is 22.9 Å². The van der Waals surface area contributed by atoms with Crippen LogP contribution in [0.15, 0.2) is 21.2 Å². The summed E-state index contributed by atoms with van der Waals surface area (Å²) in [5.41, 5.74) is -0.438. The highest BCUT2D eigenvalue weighted by Gasteiger charge is 2.11. The number of hydrogen-bond acceptors (Lipinski definition) is 4. The fraction of sp³-hybridized carbons (Fsp3) is 0.300. The molecule has 17 heavy (non-hydrogen) atoms. The van der Waals surface area contributed by atoms with Crippen LogP contribution in [0.3, 0.4) is 0 Å². The van der Waals surface area contributed by atoms with Crippen LogP contribution in [0.4, 0.5) is 0 Å². The third kappa shape index (κ3) is 2.32. The van der Waals surface area contributed by atoms with Gasteiger partial charge >= 0.3 is 5.69 Å². The molecule has 0 unspecified atom stereocenters. The molecule has 90 valence electrons. The van der Waals surface area contributed by atoms with Crippen LogP contribution < -0.4 is 11.2 Å². The van der Waals surface area contributed by atoms with Crippen molar-refractivity contribution in [2.45, 2.75) is 19.9 Å². The Balaban J connectivity index is 2.54. The van der Waals surface area contributed by atoms with E-state index >= 15 is 0 Å². The normalized spacial score (nSPS) is 10.7. The first-order valence-corrected chi connectivity index (χ1v) is 6.29. The Morgan fingerprint density at radius 2 is 2.29 bits per heavy atom. The lowest BCUT2D eigenvalue weighted by Crippen LogP contribution is -2.37. The molecule has 0 radical (unpaired) electrons. The maximum atomic E-state index is 12.0. The molecular formula is C10H10ClN3O2S. The summed E-state index contributed by atoms with van der Waals surface area (Å²) in [5, 5.41) is 2.63. The number of hydrogen-bond donors (Lipinski definition) is 1. The minimum absolute atomic E-state index is 0.123. The van der Waals surface area contributed by atoms with Crippen LogP contribution in [0.25, 0.3) is 0 Å². The molecular weight excluding hydrogens is 262 g/mol. The van der Waals surface area contributed by atoms with Crippen molar-refractivity contribution in [1.82, 2.24) is 14.5 Å². The summed E-state index contributed by atoms with van der Waals surface area (Å²) in [4.78, 5) is 30.2. The van der Waals surface area contributed by atoms with Gasteiger partial charge in [0.2, 0.25) is 0 Å². The van der Waals surface area contributed by atoms with Gasteiger partial charge in [-0.25, -0.2) is 9.78 Å². The molecule has 0 fully saturated rings. The highest BCUT2D eigenvalue weighted by molar-refractivity contribution is 7.09.